The van der Waals surface area contributed by atoms with Crippen LogP contribution in [0.4, 0.5) is 5.82 Å². The van der Waals surface area contributed by atoms with E-state index in [0.29, 0.717) is 26.2 Å². The van der Waals surface area contributed by atoms with Crippen molar-refractivity contribution in [1.29, 1.82) is 0 Å². The summed E-state index contributed by atoms with van der Waals surface area (Å²) in [6, 6.07) is 4.01. The largest absolute Gasteiger partial charge is 0.785 e. The van der Waals surface area contributed by atoms with Crippen molar-refractivity contribution < 1.29 is 4.84 Å². The van der Waals surface area contributed by atoms with E-state index < -0.39 is 0 Å². The van der Waals surface area contributed by atoms with Crippen molar-refractivity contribution in [2.45, 2.75) is 13.8 Å². The predicted octanol–water partition coefficient (Wildman–Crippen LogP) is 2.06. The van der Waals surface area contributed by atoms with E-state index in [4.69, 9.17) is 4.84 Å². The molecule has 5 heteroatoms. The normalized spacial score (nSPS) is 23.3. The molecule has 0 spiro atoms. The fraction of sp³-hybridized carbons (Fsp3) is 0.500. The van der Waals surface area contributed by atoms with Crippen LogP contribution in [-0.4, -0.2) is 36.3 Å². The maximum atomic E-state index is 11.7. The number of hydrogen-bond donors (Lipinski definition) is 0. The SMILES string of the molecule is CCON1CC2=C(c3cccnc31)C(C)CN([O-])C2. The summed E-state index contributed by atoms with van der Waals surface area (Å²) in [6.07, 6.45) is 1.78. The van der Waals surface area contributed by atoms with Gasteiger partial charge in [-0.2, -0.15) is 0 Å². The van der Waals surface area contributed by atoms with Gasteiger partial charge < -0.3 is 10.3 Å². The van der Waals surface area contributed by atoms with E-state index in [1.54, 1.807) is 11.3 Å². The van der Waals surface area contributed by atoms with Crippen molar-refractivity contribution in [3.8, 4) is 0 Å². The minimum Gasteiger partial charge on any atom is -0.785 e. The molecule has 1 aromatic heterocycles. The third kappa shape index (κ3) is 2.14. The van der Waals surface area contributed by atoms with E-state index in [0.717, 1.165) is 22.0 Å². The summed E-state index contributed by atoms with van der Waals surface area (Å²) >= 11 is 0. The van der Waals surface area contributed by atoms with E-state index in [2.05, 4.69) is 18.0 Å². The van der Waals surface area contributed by atoms with Gasteiger partial charge in [-0.1, -0.05) is 6.92 Å². The molecular weight excluding hydrogens is 242 g/mol. The molecule has 0 aromatic carbocycles. The first-order chi connectivity index (χ1) is 9.20. The number of nitrogens with zero attached hydrogens (tertiary/aromatic N) is 3. The van der Waals surface area contributed by atoms with Gasteiger partial charge in [0.1, 0.15) is 0 Å². The van der Waals surface area contributed by atoms with Gasteiger partial charge in [-0.3, -0.25) is 4.84 Å². The molecule has 0 fully saturated rings. The molecule has 0 bridgehead atoms. The Kier molecular flexibility index (Phi) is 3.26. The van der Waals surface area contributed by atoms with Crippen LogP contribution in [0, 0.1) is 11.1 Å². The Morgan fingerprint density at radius 1 is 1.47 bits per heavy atom. The molecule has 0 saturated carbocycles. The van der Waals surface area contributed by atoms with Gasteiger partial charge in [-0.25, -0.2) is 10.0 Å². The van der Waals surface area contributed by atoms with E-state index in [1.165, 1.54) is 5.57 Å². The molecule has 0 saturated heterocycles. The molecule has 102 valence electrons. The fourth-order valence-corrected chi connectivity index (χ4v) is 3.02. The van der Waals surface area contributed by atoms with Crippen molar-refractivity contribution in [2.75, 3.05) is 31.3 Å². The van der Waals surface area contributed by atoms with Crippen LogP contribution in [0.25, 0.3) is 5.57 Å². The first-order valence-corrected chi connectivity index (χ1v) is 6.70. The molecule has 0 aliphatic carbocycles. The van der Waals surface area contributed by atoms with Gasteiger partial charge in [0.15, 0.2) is 5.82 Å². The summed E-state index contributed by atoms with van der Waals surface area (Å²) in [4.78, 5) is 10.1. The number of aromatic nitrogens is 1. The van der Waals surface area contributed by atoms with E-state index >= 15 is 0 Å². The fourth-order valence-electron chi connectivity index (χ4n) is 3.02. The number of hydroxylamine groups is 3. The van der Waals surface area contributed by atoms with Crippen LogP contribution in [0.15, 0.2) is 23.9 Å². The molecule has 3 rings (SSSR count). The number of rotatable bonds is 2. The minimum absolute atomic E-state index is 0.243. The van der Waals surface area contributed by atoms with Crippen LogP contribution in [0.1, 0.15) is 19.4 Å². The maximum Gasteiger partial charge on any atom is 0.160 e. The van der Waals surface area contributed by atoms with Crippen molar-refractivity contribution in [1.82, 2.24) is 10.0 Å². The molecule has 19 heavy (non-hydrogen) atoms. The molecule has 0 radical (unpaired) electrons. The molecule has 3 heterocycles. The van der Waals surface area contributed by atoms with Gasteiger partial charge in [0.05, 0.1) is 13.2 Å². The first-order valence-electron chi connectivity index (χ1n) is 6.70. The lowest BCUT2D eigenvalue weighted by molar-refractivity contribution is 0.120. The Bertz CT molecular complexity index is 515. The standard InChI is InChI=1S/C14H18N3O2/c1-3-19-17-9-11-8-16(18)7-10(2)13(11)12-5-4-6-15-14(12)17/h4-6,10H,3,7-9H2,1-2H3/q-1. The Labute approximate surface area is 113 Å². The first kappa shape index (κ1) is 12.6. The van der Waals surface area contributed by atoms with E-state index in [-0.39, 0.29) is 5.92 Å². The van der Waals surface area contributed by atoms with Crippen LogP contribution < -0.4 is 5.06 Å². The Morgan fingerprint density at radius 2 is 2.32 bits per heavy atom. The molecule has 1 unspecified atom stereocenters. The molecule has 0 amide bonds. The Balaban J connectivity index is 2.08. The smallest absolute Gasteiger partial charge is 0.160 e. The average Bonchev–Trinajstić information content (AvgIpc) is 2.38. The molecular formula is C14H18N3O2-. The highest BCUT2D eigenvalue weighted by Gasteiger charge is 2.31. The molecule has 1 aromatic rings. The van der Waals surface area contributed by atoms with Gasteiger partial charge in [-0.05, 0) is 42.7 Å². The summed E-state index contributed by atoms with van der Waals surface area (Å²) < 4.78 is 0. The molecule has 2 aliphatic heterocycles. The lowest BCUT2D eigenvalue weighted by Gasteiger charge is -2.43. The van der Waals surface area contributed by atoms with Gasteiger partial charge in [0.25, 0.3) is 0 Å². The third-order valence-electron chi connectivity index (χ3n) is 3.65. The van der Waals surface area contributed by atoms with Crippen molar-refractivity contribution in [3.05, 3.63) is 34.7 Å². The Hall–Kier alpha value is -1.43. The van der Waals surface area contributed by atoms with Gasteiger partial charge in [0, 0.05) is 18.3 Å². The predicted molar refractivity (Wildman–Crippen MR) is 74.2 cm³/mol. The maximum absolute atomic E-state index is 11.7. The van der Waals surface area contributed by atoms with Gasteiger partial charge in [-0.15, -0.1) is 0 Å². The number of fused-ring (bicyclic) bond motifs is 2. The number of anilines is 1. The van der Waals surface area contributed by atoms with Crippen LogP contribution in [0.5, 0.6) is 0 Å². The second-order valence-electron chi connectivity index (χ2n) is 5.07. The lowest BCUT2D eigenvalue weighted by Crippen LogP contribution is -2.40. The van der Waals surface area contributed by atoms with Crippen molar-refractivity contribution in [3.63, 3.8) is 0 Å². The van der Waals surface area contributed by atoms with Crippen molar-refractivity contribution >= 4 is 11.4 Å². The van der Waals surface area contributed by atoms with Crippen LogP contribution in [0.3, 0.4) is 0 Å². The average molecular weight is 260 g/mol. The molecule has 1 atom stereocenters. The number of pyridine rings is 1. The summed E-state index contributed by atoms with van der Waals surface area (Å²) in [7, 11) is 0. The molecule has 2 aliphatic rings. The van der Waals surface area contributed by atoms with E-state index in [1.807, 2.05) is 13.0 Å². The number of hydrogen-bond acceptors (Lipinski definition) is 5. The highest BCUT2D eigenvalue weighted by atomic mass is 16.7. The third-order valence-corrected chi connectivity index (χ3v) is 3.65. The zero-order valence-corrected chi connectivity index (χ0v) is 11.3. The summed E-state index contributed by atoms with van der Waals surface area (Å²) in [5.41, 5.74) is 3.55. The van der Waals surface area contributed by atoms with Crippen LogP contribution in [0.2, 0.25) is 0 Å². The molecule has 0 N–H and O–H groups in total. The van der Waals surface area contributed by atoms with Gasteiger partial charge in [0.2, 0.25) is 0 Å². The molecule has 5 nitrogen and oxygen atoms in total. The van der Waals surface area contributed by atoms with Crippen LogP contribution >= 0.6 is 0 Å². The summed E-state index contributed by atoms with van der Waals surface area (Å²) in [5, 5.41) is 14.7. The second-order valence-corrected chi connectivity index (χ2v) is 5.07. The summed E-state index contributed by atoms with van der Waals surface area (Å²) in [5.74, 6) is 1.11. The highest BCUT2D eigenvalue weighted by Crippen LogP contribution is 2.40. The van der Waals surface area contributed by atoms with Gasteiger partial charge >= 0.3 is 0 Å². The zero-order chi connectivity index (χ0) is 13.4. The summed E-state index contributed by atoms with van der Waals surface area (Å²) in [6.45, 7) is 6.31. The highest BCUT2D eigenvalue weighted by molar-refractivity contribution is 5.81. The lowest BCUT2D eigenvalue weighted by atomic mass is 9.85. The Morgan fingerprint density at radius 3 is 3.11 bits per heavy atom. The monoisotopic (exact) mass is 260 g/mol. The minimum atomic E-state index is 0.243. The van der Waals surface area contributed by atoms with Crippen LogP contribution in [-0.2, 0) is 4.84 Å². The zero-order valence-electron chi connectivity index (χ0n) is 11.3. The second kappa shape index (κ2) is 4.92. The quantitative estimate of drug-likeness (QED) is 0.814. The van der Waals surface area contributed by atoms with E-state index in [9.17, 15) is 5.21 Å². The topological polar surface area (TPSA) is 51.7 Å². The van der Waals surface area contributed by atoms with Crippen molar-refractivity contribution in [2.24, 2.45) is 5.92 Å².